The average molecular weight is 262 g/mol. The molecule has 0 atom stereocenters. The molecular formula is C4H11CeO2P-2. The molecule has 0 aliphatic heterocycles. The normalized spacial score (nSPS) is 4.12. The molecule has 0 rings (SSSR count). The molecule has 0 saturated carbocycles. The second-order valence-electron chi connectivity index (χ2n) is 0.0816. The fourth-order valence-electron chi connectivity index (χ4n) is 0. The van der Waals surface area contributed by atoms with E-state index in [0.29, 0.717) is 0 Å². The molecule has 1 N–H and O–H groups in total. The van der Waals surface area contributed by atoms with E-state index >= 15 is 0 Å². The first-order chi connectivity index (χ1) is 3.41. The topological polar surface area (TPSA) is 37.3 Å². The van der Waals surface area contributed by atoms with Crippen LogP contribution in [-0.4, -0.2) is 4.89 Å². The number of hydrogen-bond acceptors (Lipinski definition) is 1. The smallest absolute Gasteiger partial charge is 0.324 e. The van der Waals surface area contributed by atoms with Crippen LogP contribution in [-0.2, 0) is 4.57 Å². The predicted molar refractivity (Wildman–Crippen MR) is 31.9 cm³/mol. The van der Waals surface area contributed by atoms with E-state index in [1.165, 1.54) is 0 Å². The van der Waals surface area contributed by atoms with E-state index in [4.69, 9.17) is 9.46 Å². The Morgan fingerprint density at radius 1 is 1.25 bits per heavy atom. The maximum absolute atomic E-state index is 8.46. The molecule has 50 valence electrons. The van der Waals surface area contributed by atoms with Crippen molar-refractivity contribution in [3.05, 3.63) is 13.8 Å². The molecule has 4 heteroatoms. The van der Waals surface area contributed by atoms with Crippen LogP contribution in [0, 0.1) is 55.6 Å². The van der Waals surface area contributed by atoms with Crippen molar-refractivity contribution in [3.8, 4) is 0 Å². The van der Waals surface area contributed by atoms with E-state index in [1.54, 1.807) is 13.8 Å². The zero-order valence-electron chi connectivity index (χ0n) is 5.22. The summed E-state index contributed by atoms with van der Waals surface area (Å²) >= 11 is 0. The van der Waals surface area contributed by atoms with E-state index < -0.39 is 8.69 Å². The van der Waals surface area contributed by atoms with Gasteiger partial charge in [-0.25, -0.2) is 4.57 Å². The number of hydrogen-bond donors (Lipinski definition) is 1. The van der Waals surface area contributed by atoms with Crippen LogP contribution in [0.25, 0.3) is 0 Å². The van der Waals surface area contributed by atoms with Gasteiger partial charge in [-0.2, -0.15) is 13.8 Å². The van der Waals surface area contributed by atoms with Crippen molar-refractivity contribution in [2.75, 3.05) is 0 Å². The van der Waals surface area contributed by atoms with E-state index in [0.717, 1.165) is 0 Å². The minimum absolute atomic E-state index is 0. The molecule has 0 heterocycles. The van der Waals surface area contributed by atoms with Gasteiger partial charge in [0.25, 0.3) is 0 Å². The SMILES string of the molecule is O=PO.[CH2-]C.[CH2-]C.[Ce]. The molecule has 0 unspecified atom stereocenters. The quantitative estimate of drug-likeness (QED) is 0.534. The molecule has 0 aromatic heterocycles. The first kappa shape index (κ1) is 22.7. The largest absolute Gasteiger partial charge is 0.346 e. The summed E-state index contributed by atoms with van der Waals surface area (Å²) in [6.07, 6.45) is 0. The molecule has 0 radical (unpaired) electrons. The maximum atomic E-state index is 8.46. The van der Waals surface area contributed by atoms with Crippen LogP contribution in [0.15, 0.2) is 0 Å². The molecule has 0 fully saturated rings. The van der Waals surface area contributed by atoms with Crippen LogP contribution < -0.4 is 0 Å². The molecule has 0 bridgehead atoms. The van der Waals surface area contributed by atoms with Crippen LogP contribution in [0.2, 0.25) is 0 Å². The van der Waals surface area contributed by atoms with Gasteiger partial charge in [-0.05, 0) is 0 Å². The van der Waals surface area contributed by atoms with Crippen molar-refractivity contribution < 1.29 is 51.2 Å². The molecule has 0 amide bonds. The number of rotatable bonds is 0. The zero-order valence-corrected chi connectivity index (χ0v) is 9.25. The zero-order chi connectivity index (χ0) is 6.71. The summed E-state index contributed by atoms with van der Waals surface area (Å²) in [4.78, 5) is 6.99. The third kappa shape index (κ3) is 149. The molecule has 2 nitrogen and oxygen atoms in total. The van der Waals surface area contributed by atoms with Gasteiger partial charge in [0.05, 0.1) is 0 Å². The summed E-state index contributed by atoms with van der Waals surface area (Å²) < 4.78 is 8.46. The summed E-state index contributed by atoms with van der Waals surface area (Å²) in [6.45, 7) is 10.0. The Kier molecular flexibility index (Phi) is 223. The van der Waals surface area contributed by atoms with Crippen LogP contribution in [0.4, 0.5) is 0 Å². The molecule has 0 aromatic carbocycles. The maximum Gasteiger partial charge on any atom is 0.324 e. The summed E-state index contributed by atoms with van der Waals surface area (Å²) in [7, 11) is -0.833. The Labute approximate surface area is 86.7 Å². The molecule has 0 aliphatic rings. The minimum atomic E-state index is -0.833. The van der Waals surface area contributed by atoms with Gasteiger partial charge in [-0.3, -0.25) is 0 Å². The van der Waals surface area contributed by atoms with Crippen molar-refractivity contribution in [3.63, 3.8) is 0 Å². The molecule has 0 spiro atoms. The summed E-state index contributed by atoms with van der Waals surface area (Å²) in [5.74, 6) is 0. The van der Waals surface area contributed by atoms with Crippen LogP contribution in [0.5, 0.6) is 0 Å². The van der Waals surface area contributed by atoms with Crippen LogP contribution >= 0.6 is 8.69 Å². The van der Waals surface area contributed by atoms with Gasteiger partial charge in [0.1, 0.15) is 0 Å². The van der Waals surface area contributed by atoms with Gasteiger partial charge in [0.2, 0.25) is 0 Å². The van der Waals surface area contributed by atoms with Crippen molar-refractivity contribution >= 4 is 8.69 Å². The van der Waals surface area contributed by atoms with Crippen LogP contribution in [0.1, 0.15) is 13.8 Å². The molecule has 0 saturated heterocycles. The Morgan fingerprint density at radius 2 is 1.25 bits per heavy atom. The van der Waals surface area contributed by atoms with Gasteiger partial charge in [-0.15, -0.1) is 0 Å². The van der Waals surface area contributed by atoms with Gasteiger partial charge < -0.3 is 18.7 Å². The van der Waals surface area contributed by atoms with Gasteiger partial charge in [0, 0.05) is 41.7 Å². The summed E-state index contributed by atoms with van der Waals surface area (Å²) in [5.41, 5.74) is 0. The molecule has 8 heavy (non-hydrogen) atoms. The molecule has 0 aromatic rings. The predicted octanol–water partition coefficient (Wildman–Crippen LogP) is 1.87. The Hall–Kier alpha value is 1.44. The third-order valence-corrected chi connectivity index (χ3v) is 0. The van der Waals surface area contributed by atoms with Crippen molar-refractivity contribution in [1.29, 1.82) is 0 Å². The fourth-order valence-corrected chi connectivity index (χ4v) is 0. The second-order valence-corrected chi connectivity index (χ2v) is 0.245. The standard InChI is InChI=1S/2C2H5.Ce.HO2P/c2*1-2;;1-3-2/h2*1H2,2H3;;(H,1,2)/q2*-1;;. The first-order valence-electron chi connectivity index (χ1n) is 1.80. The third-order valence-electron chi connectivity index (χ3n) is 0. The van der Waals surface area contributed by atoms with E-state index in [2.05, 4.69) is 13.8 Å². The Balaban J connectivity index is -0.0000000147. The molecule has 0 aliphatic carbocycles. The molecular weight excluding hydrogens is 251 g/mol. The second kappa shape index (κ2) is 78.6. The minimum Gasteiger partial charge on any atom is -0.346 e. The van der Waals surface area contributed by atoms with E-state index in [1.807, 2.05) is 0 Å². The van der Waals surface area contributed by atoms with Crippen LogP contribution in [0.3, 0.4) is 0 Å². The van der Waals surface area contributed by atoms with Gasteiger partial charge >= 0.3 is 8.69 Å². The first-order valence-corrected chi connectivity index (χ1v) is 2.56. The van der Waals surface area contributed by atoms with Crippen molar-refractivity contribution in [2.24, 2.45) is 0 Å². The van der Waals surface area contributed by atoms with Crippen molar-refractivity contribution in [1.82, 2.24) is 0 Å². The van der Waals surface area contributed by atoms with Gasteiger partial charge in [0.15, 0.2) is 0 Å². The Bertz CT molecular complexity index is 21.5. The van der Waals surface area contributed by atoms with Crippen molar-refractivity contribution in [2.45, 2.75) is 13.8 Å². The summed E-state index contributed by atoms with van der Waals surface area (Å²) in [6, 6.07) is 0. The fraction of sp³-hybridized carbons (Fsp3) is 0.500. The van der Waals surface area contributed by atoms with E-state index in [-0.39, 0.29) is 41.7 Å². The van der Waals surface area contributed by atoms with E-state index in [9.17, 15) is 0 Å². The monoisotopic (exact) mass is 262 g/mol. The van der Waals surface area contributed by atoms with Gasteiger partial charge in [-0.1, -0.05) is 0 Å². The summed E-state index contributed by atoms with van der Waals surface area (Å²) in [5, 5.41) is 0. The average Bonchev–Trinajstić information content (AvgIpc) is 1.78. The Morgan fingerprint density at radius 3 is 1.25 bits per heavy atom.